The number of esters is 2. The minimum atomic E-state index is -0.700. The number of hydrogen-bond donors (Lipinski definition) is 2. The molecular formula is C28H32N2O8S. The first-order valence-corrected chi connectivity index (χ1v) is 12.5. The summed E-state index contributed by atoms with van der Waals surface area (Å²) in [4.78, 5) is 37.5. The van der Waals surface area contributed by atoms with E-state index in [1.54, 1.807) is 71.9 Å². The summed E-state index contributed by atoms with van der Waals surface area (Å²) in [5.74, 6) is -1.38. The number of carbonyl (C=O) groups is 3. The maximum absolute atomic E-state index is 12.9. The lowest BCUT2D eigenvalue weighted by molar-refractivity contribution is -0.158. The van der Waals surface area contributed by atoms with Crippen LogP contribution in [0.3, 0.4) is 0 Å². The second-order valence-corrected chi connectivity index (χ2v) is 11.0. The van der Waals surface area contributed by atoms with Crippen molar-refractivity contribution in [2.45, 2.75) is 52.7 Å². The number of nitrogens with two attached hydrogens (primary N) is 1. The first-order valence-electron chi connectivity index (χ1n) is 12.1. The van der Waals surface area contributed by atoms with Gasteiger partial charge in [-0.25, -0.2) is 9.59 Å². The number of benzene rings is 2. The predicted molar refractivity (Wildman–Crippen MR) is 149 cm³/mol. The normalized spacial score (nSPS) is 11.5. The lowest BCUT2D eigenvalue weighted by Gasteiger charge is -2.21. The van der Waals surface area contributed by atoms with Crippen molar-refractivity contribution >= 4 is 51.7 Å². The summed E-state index contributed by atoms with van der Waals surface area (Å²) < 4.78 is 27.4. The standard InChI is InChI=1S/C28H32N2O8S/c1-27(2,3)37-23(31)14-34-20-10-8-18(13-21(20)35-15-24(32)38-28(4,5)6)30-26(33)22-12-17-11-16(25(29)39)7-9-19(17)36-22/h7-13H,14-15H2,1-6H3,(H2,29,39)(H,30,33). The highest BCUT2D eigenvalue weighted by molar-refractivity contribution is 7.80. The van der Waals surface area contributed by atoms with Crippen LogP contribution in [0.2, 0.25) is 0 Å². The molecule has 11 heteroatoms. The van der Waals surface area contributed by atoms with Gasteiger partial charge in [-0.2, -0.15) is 0 Å². The van der Waals surface area contributed by atoms with E-state index in [9.17, 15) is 14.4 Å². The third kappa shape index (κ3) is 8.99. The van der Waals surface area contributed by atoms with E-state index in [2.05, 4.69) is 5.32 Å². The van der Waals surface area contributed by atoms with Crippen molar-refractivity contribution in [2.75, 3.05) is 18.5 Å². The summed E-state index contributed by atoms with van der Waals surface area (Å²) in [6.07, 6.45) is 0. The van der Waals surface area contributed by atoms with Gasteiger partial charge in [-0.3, -0.25) is 4.79 Å². The zero-order chi connectivity index (χ0) is 29.0. The van der Waals surface area contributed by atoms with Gasteiger partial charge in [-0.05, 0) is 77.9 Å². The quantitative estimate of drug-likeness (QED) is 0.280. The van der Waals surface area contributed by atoms with Crippen molar-refractivity contribution in [3.63, 3.8) is 0 Å². The molecule has 0 atom stereocenters. The van der Waals surface area contributed by atoms with E-state index in [4.69, 9.17) is 41.3 Å². The van der Waals surface area contributed by atoms with E-state index in [1.165, 1.54) is 12.1 Å². The molecule has 0 spiro atoms. The second-order valence-electron chi connectivity index (χ2n) is 10.6. The molecule has 10 nitrogen and oxygen atoms in total. The fourth-order valence-electron chi connectivity index (χ4n) is 3.33. The third-order valence-corrected chi connectivity index (χ3v) is 4.99. The van der Waals surface area contributed by atoms with Crippen LogP contribution in [-0.4, -0.2) is 47.3 Å². The lowest BCUT2D eigenvalue weighted by atomic mass is 10.1. The first kappa shape index (κ1) is 29.4. The maximum atomic E-state index is 12.9. The Hall–Kier alpha value is -4.12. The van der Waals surface area contributed by atoms with Gasteiger partial charge in [0.1, 0.15) is 21.8 Å². The molecule has 1 amide bonds. The Bertz CT molecular complexity index is 1400. The van der Waals surface area contributed by atoms with E-state index in [-0.39, 0.29) is 28.9 Å². The van der Waals surface area contributed by atoms with Crippen molar-refractivity contribution < 1.29 is 37.7 Å². The molecule has 208 valence electrons. The molecule has 0 fully saturated rings. The van der Waals surface area contributed by atoms with Crippen LogP contribution in [0, 0.1) is 0 Å². The number of hydrogen-bond acceptors (Lipinski definition) is 9. The van der Waals surface area contributed by atoms with Crippen LogP contribution in [0.5, 0.6) is 11.5 Å². The fourth-order valence-corrected chi connectivity index (χ4v) is 3.46. The summed E-state index contributed by atoms with van der Waals surface area (Å²) in [6, 6.07) is 11.2. The zero-order valence-corrected chi connectivity index (χ0v) is 23.5. The van der Waals surface area contributed by atoms with Gasteiger partial charge in [0.15, 0.2) is 30.5 Å². The molecule has 3 aromatic rings. The highest BCUT2D eigenvalue weighted by atomic mass is 32.1. The number of carbonyl (C=O) groups excluding carboxylic acids is 3. The second kappa shape index (κ2) is 11.7. The molecule has 3 N–H and O–H groups in total. The summed E-state index contributed by atoms with van der Waals surface area (Å²) in [5.41, 5.74) is 5.77. The number of thiocarbonyl (C=S) groups is 1. The number of ether oxygens (including phenoxy) is 4. The van der Waals surface area contributed by atoms with Gasteiger partial charge in [0.05, 0.1) is 0 Å². The van der Waals surface area contributed by atoms with Gasteiger partial charge in [-0.1, -0.05) is 12.2 Å². The molecule has 0 bridgehead atoms. The van der Waals surface area contributed by atoms with Crippen molar-refractivity contribution in [1.82, 2.24) is 0 Å². The number of nitrogens with one attached hydrogen (secondary N) is 1. The van der Waals surface area contributed by atoms with Crippen LogP contribution in [0.1, 0.15) is 57.7 Å². The summed E-state index contributed by atoms with van der Waals surface area (Å²) in [6.45, 7) is 9.62. The Kier molecular flexibility index (Phi) is 8.85. The summed E-state index contributed by atoms with van der Waals surface area (Å²) >= 11 is 5.00. The molecule has 0 saturated heterocycles. The molecule has 39 heavy (non-hydrogen) atoms. The average Bonchev–Trinajstić information content (AvgIpc) is 3.23. The topological polar surface area (TPSA) is 139 Å². The van der Waals surface area contributed by atoms with E-state index < -0.39 is 35.7 Å². The largest absolute Gasteiger partial charge is 0.478 e. The van der Waals surface area contributed by atoms with Gasteiger partial charge < -0.3 is 34.4 Å². The van der Waals surface area contributed by atoms with Gasteiger partial charge in [0, 0.05) is 22.7 Å². The molecular weight excluding hydrogens is 524 g/mol. The number of amides is 1. The van der Waals surface area contributed by atoms with E-state index in [0.717, 1.165) is 0 Å². The molecule has 1 aromatic heterocycles. The van der Waals surface area contributed by atoms with Crippen LogP contribution in [0.15, 0.2) is 46.9 Å². The summed E-state index contributed by atoms with van der Waals surface area (Å²) in [5, 5.41) is 3.38. The van der Waals surface area contributed by atoms with Crippen LogP contribution in [0.4, 0.5) is 5.69 Å². The monoisotopic (exact) mass is 556 g/mol. The number of anilines is 1. The fraction of sp³-hybridized carbons (Fsp3) is 0.357. The van der Waals surface area contributed by atoms with Crippen molar-refractivity contribution in [1.29, 1.82) is 0 Å². The third-order valence-electron chi connectivity index (χ3n) is 4.76. The smallest absolute Gasteiger partial charge is 0.344 e. The highest BCUT2D eigenvalue weighted by Crippen LogP contribution is 2.31. The molecule has 0 unspecified atom stereocenters. The minimum absolute atomic E-state index is 0.0616. The van der Waals surface area contributed by atoms with Gasteiger partial charge in [0.25, 0.3) is 5.91 Å². The Balaban J connectivity index is 1.79. The number of rotatable bonds is 9. The van der Waals surface area contributed by atoms with Crippen LogP contribution >= 0.6 is 12.2 Å². The van der Waals surface area contributed by atoms with E-state index >= 15 is 0 Å². The van der Waals surface area contributed by atoms with E-state index in [0.29, 0.717) is 22.2 Å². The van der Waals surface area contributed by atoms with Crippen LogP contribution < -0.4 is 20.5 Å². The summed E-state index contributed by atoms with van der Waals surface area (Å²) in [7, 11) is 0. The SMILES string of the molecule is CC(C)(C)OC(=O)COc1ccc(NC(=O)c2cc3cc(C(N)=S)ccc3o2)cc1OCC(=O)OC(C)(C)C. The molecule has 0 aliphatic heterocycles. The lowest BCUT2D eigenvalue weighted by Crippen LogP contribution is -2.28. The predicted octanol–water partition coefficient (Wildman–Crippen LogP) is 4.76. The molecule has 3 rings (SSSR count). The molecule has 0 aliphatic carbocycles. The molecule has 0 radical (unpaired) electrons. The van der Waals surface area contributed by atoms with Gasteiger partial charge in [0.2, 0.25) is 0 Å². The molecule has 0 aliphatic rings. The Morgan fingerprint density at radius 2 is 1.44 bits per heavy atom. The highest BCUT2D eigenvalue weighted by Gasteiger charge is 2.21. The van der Waals surface area contributed by atoms with E-state index in [1.807, 2.05) is 0 Å². The van der Waals surface area contributed by atoms with Gasteiger partial charge >= 0.3 is 11.9 Å². The molecule has 1 heterocycles. The zero-order valence-electron chi connectivity index (χ0n) is 22.7. The number of furan rings is 1. The molecule has 0 saturated carbocycles. The molecule has 2 aromatic carbocycles. The van der Waals surface area contributed by atoms with Crippen LogP contribution in [-0.2, 0) is 19.1 Å². The van der Waals surface area contributed by atoms with Crippen LogP contribution in [0.25, 0.3) is 11.0 Å². The average molecular weight is 557 g/mol. The van der Waals surface area contributed by atoms with Gasteiger partial charge in [-0.15, -0.1) is 0 Å². The number of fused-ring (bicyclic) bond motifs is 1. The Morgan fingerprint density at radius 1 is 0.846 bits per heavy atom. The van der Waals surface area contributed by atoms with Crippen molar-refractivity contribution in [3.8, 4) is 11.5 Å². The minimum Gasteiger partial charge on any atom is -0.478 e. The first-order chi connectivity index (χ1) is 18.1. The Morgan fingerprint density at radius 3 is 2.00 bits per heavy atom. The Labute approximate surface area is 231 Å². The van der Waals surface area contributed by atoms with Crippen molar-refractivity contribution in [3.05, 3.63) is 53.8 Å². The van der Waals surface area contributed by atoms with Crippen molar-refractivity contribution in [2.24, 2.45) is 5.73 Å². The maximum Gasteiger partial charge on any atom is 0.344 e.